The number of anilines is 1. The summed E-state index contributed by atoms with van der Waals surface area (Å²) < 4.78 is 5.54. The van der Waals surface area contributed by atoms with Crippen molar-refractivity contribution < 1.29 is 9.32 Å². The van der Waals surface area contributed by atoms with Crippen LogP contribution >= 0.6 is 0 Å². The molecule has 1 aliphatic heterocycles. The molecule has 0 spiro atoms. The van der Waals surface area contributed by atoms with Crippen molar-refractivity contribution in [1.82, 2.24) is 10.1 Å². The Kier molecular flexibility index (Phi) is 3.61. The summed E-state index contributed by atoms with van der Waals surface area (Å²) >= 11 is 0. The highest BCUT2D eigenvalue weighted by atomic mass is 16.5. The van der Waals surface area contributed by atoms with E-state index in [0.29, 0.717) is 23.7 Å². The normalized spacial score (nSPS) is 16.4. The van der Waals surface area contributed by atoms with Crippen molar-refractivity contribution in [3.63, 3.8) is 0 Å². The Labute approximate surface area is 158 Å². The molecule has 1 aliphatic carbocycles. The smallest absolute Gasteiger partial charge is 0.259 e. The monoisotopic (exact) mass is 361 g/mol. The number of aryl methyl sites for hydroxylation is 1. The molecule has 1 saturated carbocycles. The SMILES string of the molecule is Cc1cccc2c1N(C(=O)c1cc(C3CC3)nc3onc(C(C)C)c13)CC2. The largest absolute Gasteiger partial charge is 0.335 e. The summed E-state index contributed by atoms with van der Waals surface area (Å²) in [7, 11) is 0. The molecule has 138 valence electrons. The van der Waals surface area contributed by atoms with Crippen LogP contribution in [-0.4, -0.2) is 22.6 Å². The first kappa shape index (κ1) is 16.5. The maximum Gasteiger partial charge on any atom is 0.259 e. The van der Waals surface area contributed by atoms with Gasteiger partial charge in [0.15, 0.2) is 0 Å². The molecule has 2 aromatic heterocycles. The van der Waals surface area contributed by atoms with Crippen LogP contribution in [0.4, 0.5) is 5.69 Å². The number of carbonyl (C=O) groups is 1. The lowest BCUT2D eigenvalue weighted by Gasteiger charge is -2.20. The van der Waals surface area contributed by atoms with Crippen molar-refractivity contribution in [2.45, 2.75) is 51.9 Å². The number of aromatic nitrogens is 2. The van der Waals surface area contributed by atoms with Crippen LogP contribution in [0.2, 0.25) is 0 Å². The number of rotatable bonds is 3. The summed E-state index contributed by atoms with van der Waals surface area (Å²) in [5.74, 6) is 0.641. The van der Waals surface area contributed by atoms with Gasteiger partial charge in [0.2, 0.25) is 0 Å². The van der Waals surface area contributed by atoms with E-state index in [1.54, 1.807) is 0 Å². The molecular formula is C22H23N3O2. The average molecular weight is 361 g/mol. The van der Waals surface area contributed by atoms with Gasteiger partial charge in [-0.1, -0.05) is 37.2 Å². The standard InChI is InChI=1S/C22H23N3O2/c1-12(2)19-18-16(11-17(14-7-8-14)23-21(18)27-24-19)22(26)25-10-9-15-6-4-5-13(3)20(15)25/h4-6,11-12,14H,7-10H2,1-3H3. The van der Waals surface area contributed by atoms with E-state index in [-0.39, 0.29) is 11.8 Å². The van der Waals surface area contributed by atoms with Crippen LogP contribution in [-0.2, 0) is 6.42 Å². The molecule has 2 aliphatic rings. The topological polar surface area (TPSA) is 59.2 Å². The van der Waals surface area contributed by atoms with Gasteiger partial charge in [-0.2, -0.15) is 0 Å². The molecule has 0 bridgehead atoms. The number of fused-ring (bicyclic) bond motifs is 2. The maximum absolute atomic E-state index is 13.7. The molecule has 1 fully saturated rings. The minimum absolute atomic E-state index is 0.0300. The predicted molar refractivity (Wildman–Crippen MR) is 104 cm³/mol. The summed E-state index contributed by atoms with van der Waals surface area (Å²) in [6.45, 7) is 6.91. The predicted octanol–water partition coefficient (Wildman–Crippen LogP) is 4.73. The zero-order valence-corrected chi connectivity index (χ0v) is 16.0. The van der Waals surface area contributed by atoms with Crippen LogP contribution in [0.25, 0.3) is 11.1 Å². The van der Waals surface area contributed by atoms with E-state index in [0.717, 1.165) is 47.3 Å². The van der Waals surface area contributed by atoms with E-state index >= 15 is 0 Å². The molecule has 5 nitrogen and oxygen atoms in total. The first-order chi connectivity index (χ1) is 13.0. The second-order valence-electron chi connectivity index (χ2n) is 8.06. The van der Waals surface area contributed by atoms with Gasteiger partial charge in [0, 0.05) is 18.2 Å². The average Bonchev–Trinajstić information content (AvgIpc) is 3.26. The van der Waals surface area contributed by atoms with Crippen LogP contribution in [0, 0.1) is 6.92 Å². The molecule has 0 atom stereocenters. The van der Waals surface area contributed by atoms with Crippen LogP contribution in [0.1, 0.15) is 71.4 Å². The Hall–Kier alpha value is -2.69. The van der Waals surface area contributed by atoms with Crippen molar-refractivity contribution in [1.29, 1.82) is 0 Å². The third kappa shape index (κ3) is 2.56. The highest BCUT2D eigenvalue weighted by Crippen LogP contribution is 2.42. The van der Waals surface area contributed by atoms with Gasteiger partial charge in [-0.05, 0) is 49.3 Å². The number of benzene rings is 1. The Bertz CT molecular complexity index is 1060. The van der Waals surface area contributed by atoms with E-state index < -0.39 is 0 Å². The summed E-state index contributed by atoms with van der Waals surface area (Å²) in [4.78, 5) is 20.3. The summed E-state index contributed by atoms with van der Waals surface area (Å²) in [5, 5.41) is 5.02. The van der Waals surface area contributed by atoms with Gasteiger partial charge in [0.25, 0.3) is 11.6 Å². The van der Waals surface area contributed by atoms with Crippen molar-refractivity contribution in [2.75, 3.05) is 11.4 Å². The van der Waals surface area contributed by atoms with Crippen LogP contribution in [0.5, 0.6) is 0 Å². The molecule has 0 saturated heterocycles. The third-order valence-corrected chi connectivity index (χ3v) is 5.71. The Morgan fingerprint density at radius 1 is 1.30 bits per heavy atom. The van der Waals surface area contributed by atoms with E-state index in [1.807, 2.05) is 11.0 Å². The quantitative estimate of drug-likeness (QED) is 0.676. The Balaban J connectivity index is 1.68. The molecule has 0 unspecified atom stereocenters. The number of hydrogen-bond acceptors (Lipinski definition) is 4. The van der Waals surface area contributed by atoms with Crippen molar-refractivity contribution in [3.05, 3.63) is 52.3 Å². The van der Waals surface area contributed by atoms with Crippen LogP contribution in [0.3, 0.4) is 0 Å². The second-order valence-corrected chi connectivity index (χ2v) is 8.06. The zero-order valence-electron chi connectivity index (χ0n) is 16.0. The van der Waals surface area contributed by atoms with Crippen LogP contribution in [0.15, 0.2) is 28.8 Å². The maximum atomic E-state index is 13.7. The van der Waals surface area contributed by atoms with Crippen molar-refractivity contribution in [3.8, 4) is 0 Å². The summed E-state index contributed by atoms with van der Waals surface area (Å²) in [6.07, 6.45) is 3.15. The lowest BCUT2D eigenvalue weighted by molar-refractivity contribution is 0.0990. The summed E-state index contributed by atoms with van der Waals surface area (Å²) in [5.41, 5.74) is 6.39. The van der Waals surface area contributed by atoms with E-state index in [9.17, 15) is 4.79 Å². The zero-order chi connectivity index (χ0) is 18.7. The Morgan fingerprint density at radius 3 is 2.85 bits per heavy atom. The van der Waals surface area contributed by atoms with Gasteiger partial charge >= 0.3 is 0 Å². The molecular weight excluding hydrogens is 338 g/mol. The number of nitrogens with zero attached hydrogens (tertiary/aromatic N) is 3. The molecule has 3 aromatic rings. The van der Waals surface area contributed by atoms with Gasteiger partial charge in [-0.15, -0.1) is 0 Å². The first-order valence-corrected chi connectivity index (χ1v) is 9.75. The molecule has 27 heavy (non-hydrogen) atoms. The third-order valence-electron chi connectivity index (χ3n) is 5.71. The first-order valence-electron chi connectivity index (χ1n) is 9.75. The highest BCUT2D eigenvalue weighted by molar-refractivity contribution is 6.14. The van der Waals surface area contributed by atoms with Gasteiger partial charge in [0.1, 0.15) is 0 Å². The molecule has 5 heteroatoms. The minimum atomic E-state index is 0.0300. The van der Waals surface area contributed by atoms with E-state index in [4.69, 9.17) is 4.52 Å². The molecule has 0 radical (unpaired) electrons. The van der Waals surface area contributed by atoms with Crippen LogP contribution < -0.4 is 4.90 Å². The fraction of sp³-hybridized carbons (Fsp3) is 0.409. The van der Waals surface area contributed by atoms with Crippen molar-refractivity contribution >= 4 is 22.7 Å². The molecule has 0 N–H and O–H groups in total. The number of pyridine rings is 1. The fourth-order valence-electron chi connectivity index (χ4n) is 4.14. The highest BCUT2D eigenvalue weighted by Gasteiger charge is 2.33. The molecule has 1 amide bonds. The van der Waals surface area contributed by atoms with E-state index in [2.05, 4.69) is 49.1 Å². The minimum Gasteiger partial charge on any atom is -0.335 e. The lowest BCUT2D eigenvalue weighted by Crippen LogP contribution is -2.30. The summed E-state index contributed by atoms with van der Waals surface area (Å²) in [6, 6.07) is 8.24. The number of carbonyl (C=O) groups excluding carboxylic acids is 1. The second kappa shape index (κ2) is 5.91. The molecule has 1 aromatic carbocycles. The van der Waals surface area contributed by atoms with Gasteiger partial charge < -0.3 is 9.42 Å². The number of amides is 1. The van der Waals surface area contributed by atoms with E-state index in [1.165, 1.54) is 5.56 Å². The van der Waals surface area contributed by atoms with Gasteiger partial charge in [-0.25, -0.2) is 4.98 Å². The van der Waals surface area contributed by atoms with Crippen molar-refractivity contribution in [2.24, 2.45) is 0 Å². The number of hydrogen-bond donors (Lipinski definition) is 0. The Morgan fingerprint density at radius 2 is 2.11 bits per heavy atom. The molecule has 5 rings (SSSR count). The van der Waals surface area contributed by atoms with Gasteiger partial charge in [-0.3, -0.25) is 4.79 Å². The van der Waals surface area contributed by atoms with Gasteiger partial charge in [0.05, 0.1) is 22.3 Å². The lowest BCUT2D eigenvalue weighted by atomic mass is 10.0. The fourth-order valence-corrected chi connectivity index (χ4v) is 4.14. The molecule has 3 heterocycles. The number of para-hydroxylation sites is 1.